The number of thioether (sulfide) groups is 1. The number of rotatable bonds is 6. The Morgan fingerprint density at radius 1 is 1.12 bits per heavy atom. The third kappa shape index (κ3) is 4.64. The van der Waals surface area contributed by atoms with Gasteiger partial charge in [-0.3, -0.25) is 4.79 Å². The van der Waals surface area contributed by atoms with E-state index < -0.39 is 0 Å². The van der Waals surface area contributed by atoms with E-state index in [2.05, 4.69) is 5.32 Å². The Labute approximate surface area is 144 Å². The first-order valence-corrected chi connectivity index (χ1v) is 8.88. The Bertz CT molecular complexity index is 723. The topological polar surface area (TPSA) is 47.6 Å². The van der Waals surface area contributed by atoms with Gasteiger partial charge >= 0.3 is 0 Å². The molecule has 2 aromatic carbocycles. The molecule has 1 N–H and O–H groups in total. The molecule has 24 heavy (non-hydrogen) atoms. The highest BCUT2D eigenvalue weighted by Gasteiger charge is 2.12. The monoisotopic (exact) mass is 347 g/mol. The molecule has 0 aliphatic carbocycles. The first-order chi connectivity index (χ1) is 11.7. The Morgan fingerprint density at radius 2 is 1.96 bits per heavy atom. The Kier molecular flexibility index (Phi) is 5.59. The molecule has 1 amide bonds. The molecule has 0 bridgehead atoms. The Balaban J connectivity index is 1.42. The maximum Gasteiger partial charge on any atom is 0.225 e. The van der Waals surface area contributed by atoms with Crippen molar-refractivity contribution in [3.05, 3.63) is 53.8 Å². The van der Waals surface area contributed by atoms with Gasteiger partial charge in [0.1, 0.15) is 19.0 Å². The number of nitrogens with one attached hydrogen (secondary N) is 1. The summed E-state index contributed by atoms with van der Waals surface area (Å²) in [5, 5.41) is 2.85. The molecule has 1 heterocycles. The van der Waals surface area contributed by atoms with Crippen LogP contribution in [0, 0.1) is 5.82 Å². The molecule has 3 rings (SSSR count). The zero-order chi connectivity index (χ0) is 16.8. The van der Waals surface area contributed by atoms with Crippen LogP contribution >= 0.6 is 11.8 Å². The van der Waals surface area contributed by atoms with Gasteiger partial charge in [-0.15, -0.1) is 0 Å². The molecule has 0 unspecified atom stereocenters. The van der Waals surface area contributed by atoms with E-state index in [1.807, 2.05) is 6.07 Å². The average Bonchev–Trinajstić information content (AvgIpc) is 2.59. The number of hydrogen-bond acceptors (Lipinski definition) is 4. The van der Waals surface area contributed by atoms with Crippen LogP contribution in [0.2, 0.25) is 0 Å². The Hall–Kier alpha value is -2.21. The fourth-order valence-electron chi connectivity index (χ4n) is 2.33. The molecule has 1 aliphatic rings. The van der Waals surface area contributed by atoms with Crippen molar-refractivity contribution in [3.8, 4) is 11.5 Å². The third-order valence-corrected chi connectivity index (χ3v) is 4.49. The second-order valence-corrected chi connectivity index (χ2v) is 6.44. The summed E-state index contributed by atoms with van der Waals surface area (Å²) in [6.07, 6.45) is 0.397. The zero-order valence-electron chi connectivity index (χ0n) is 13.1. The molecule has 4 nitrogen and oxygen atoms in total. The van der Waals surface area contributed by atoms with E-state index in [1.54, 1.807) is 36.0 Å². The van der Waals surface area contributed by atoms with Crippen molar-refractivity contribution in [1.82, 2.24) is 0 Å². The summed E-state index contributed by atoms with van der Waals surface area (Å²) >= 11 is 1.60. The van der Waals surface area contributed by atoms with Crippen molar-refractivity contribution < 1.29 is 18.7 Å². The smallest absolute Gasteiger partial charge is 0.225 e. The number of anilines is 1. The van der Waals surface area contributed by atoms with Crippen molar-refractivity contribution in [2.75, 3.05) is 24.3 Å². The van der Waals surface area contributed by atoms with Gasteiger partial charge in [0.05, 0.1) is 0 Å². The van der Waals surface area contributed by atoms with Gasteiger partial charge in [0.2, 0.25) is 5.91 Å². The minimum Gasteiger partial charge on any atom is -0.486 e. The lowest BCUT2D eigenvalue weighted by Crippen LogP contribution is -2.16. The molecule has 0 radical (unpaired) electrons. The minimum atomic E-state index is -0.232. The molecular weight excluding hydrogens is 329 g/mol. The SMILES string of the molecule is O=C(CCSCc1cccc(F)c1)Nc1ccc2c(c1)OCCO2. The van der Waals surface area contributed by atoms with Crippen molar-refractivity contribution >= 4 is 23.4 Å². The lowest BCUT2D eigenvalue weighted by molar-refractivity contribution is -0.115. The van der Waals surface area contributed by atoms with Gasteiger partial charge in [-0.25, -0.2) is 4.39 Å². The zero-order valence-corrected chi connectivity index (χ0v) is 13.9. The van der Waals surface area contributed by atoms with Crippen LogP contribution in [0.4, 0.5) is 10.1 Å². The summed E-state index contributed by atoms with van der Waals surface area (Å²) in [4.78, 5) is 12.0. The number of carbonyl (C=O) groups excluding carboxylic acids is 1. The number of benzene rings is 2. The van der Waals surface area contributed by atoms with E-state index in [1.165, 1.54) is 12.1 Å². The molecule has 0 saturated carbocycles. The minimum absolute atomic E-state index is 0.0570. The van der Waals surface area contributed by atoms with Crippen molar-refractivity contribution in [1.29, 1.82) is 0 Å². The molecular formula is C18H18FNO3S. The summed E-state index contributed by atoms with van der Waals surface area (Å²) in [6.45, 7) is 1.06. The summed E-state index contributed by atoms with van der Waals surface area (Å²) < 4.78 is 24.0. The first kappa shape index (κ1) is 16.6. The van der Waals surface area contributed by atoms with Crippen LogP contribution in [-0.4, -0.2) is 24.9 Å². The van der Waals surface area contributed by atoms with Gasteiger partial charge in [-0.05, 0) is 29.8 Å². The average molecular weight is 347 g/mol. The molecule has 0 fully saturated rings. The largest absolute Gasteiger partial charge is 0.486 e. The van der Waals surface area contributed by atoms with Gasteiger partial charge in [0, 0.05) is 29.7 Å². The lowest BCUT2D eigenvalue weighted by atomic mass is 10.2. The van der Waals surface area contributed by atoms with Gasteiger partial charge in [0.25, 0.3) is 0 Å². The van der Waals surface area contributed by atoms with Crippen LogP contribution in [0.5, 0.6) is 11.5 Å². The van der Waals surface area contributed by atoms with Crippen molar-refractivity contribution in [2.24, 2.45) is 0 Å². The van der Waals surface area contributed by atoms with Gasteiger partial charge < -0.3 is 14.8 Å². The standard InChI is InChI=1S/C18H18FNO3S/c19-14-3-1-2-13(10-14)12-24-9-6-18(21)20-15-4-5-16-17(11-15)23-8-7-22-16/h1-5,10-11H,6-9,12H2,(H,20,21). The first-order valence-electron chi connectivity index (χ1n) is 7.72. The molecule has 0 spiro atoms. The van der Waals surface area contributed by atoms with Crippen LogP contribution in [0.3, 0.4) is 0 Å². The maximum atomic E-state index is 13.1. The number of ether oxygens (including phenoxy) is 2. The fraction of sp³-hybridized carbons (Fsp3) is 0.278. The number of carbonyl (C=O) groups is 1. The lowest BCUT2D eigenvalue weighted by Gasteiger charge is -2.19. The second-order valence-electron chi connectivity index (χ2n) is 5.34. The molecule has 1 aliphatic heterocycles. The van der Waals surface area contributed by atoms with Gasteiger partial charge in [-0.1, -0.05) is 12.1 Å². The Morgan fingerprint density at radius 3 is 2.79 bits per heavy atom. The summed E-state index contributed by atoms with van der Waals surface area (Å²) in [5.41, 5.74) is 1.62. The molecule has 6 heteroatoms. The number of amides is 1. The fourth-order valence-corrected chi connectivity index (χ4v) is 3.22. The highest BCUT2D eigenvalue weighted by Crippen LogP contribution is 2.32. The number of fused-ring (bicyclic) bond motifs is 1. The predicted molar refractivity (Wildman–Crippen MR) is 93.2 cm³/mol. The van der Waals surface area contributed by atoms with E-state index in [0.29, 0.717) is 48.3 Å². The van der Waals surface area contributed by atoms with Crippen LogP contribution in [0.15, 0.2) is 42.5 Å². The normalized spacial score (nSPS) is 12.7. The highest BCUT2D eigenvalue weighted by molar-refractivity contribution is 7.98. The number of hydrogen-bond donors (Lipinski definition) is 1. The van der Waals surface area contributed by atoms with E-state index in [0.717, 1.165) is 5.56 Å². The van der Waals surface area contributed by atoms with Crippen LogP contribution in [0.1, 0.15) is 12.0 Å². The molecule has 126 valence electrons. The van der Waals surface area contributed by atoms with Gasteiger partial charge in [0.15, 0.2) is 11.5 Å². The van der Waals surface area contributed by atoms with Gasteiger partial charge in [-0.2, -0.15) is 11.8 Å². The van der Waals surface area contributed by atoms with Crippen molar-refractivity contribution in [2.45, 2.75) is 12.2 Å². The molecule has 2 aromatic rings. The second kappa shape index (κ2) is 8.06. The van der Waals surface area contributed by atoms with E-state index in [4.69, 9.17) is 9.47 Å². The quantitative estimate of drug-likeness (QED) is 0.806. The van der Waals surface area contributed by atoms with Crippen LogP contribution in [0.25, 0.3) is 0 Å². The highest BCUT2D eigenvalue weighted by atomic mass is 32.2. The van der Waals surface area contributed by atoms with E-state index in [9.17, 15) is 9.18 Å². The predicted octanol–water partition coefficient (Wildman–Crippen LogP) is 3.86. The molecule has 0 saturated heterocycles. The van der Waals surface area contributed by atoms with E-state index in [-0.39, 0.29) is 11.7 Å². The third-order valence-electron chi connectivity index (χ3n) is 3.46. The van der Waals surface area contributed by atoms with E-state index >= 15 is 0 Å². The maximum absolute atomic E-state index is 13.1. The summed E-state index contributed by atoms with van der Waals surface area (Å²) in [7, 11) is 0. The number of halogens is 1. The van der Waals surface area contributed by atoms with Crippen LogP contribution < -0.4 is 14.8 Å². The summed E-state index contributed by atoms with van der Waals surface area (Å²) in [6, 6.07) is 11.9. The van der Waals surface area contributed by atoms with Crippen molar-refractivity contribution in [3.63, 3.8) is 0 Å². The molecule has 0 aromatic heterocycles. The van der Waals surface area contributed by atoms with Crippen LogP contribution in [-0.2, 0) is 10.5 Å². The molecule has 0 atom stereocenters. The summed E-state index contributed by atoms with van der Waals surface area (Å²) in [5.74, 6) is 2.43.